The molecule has 0 bridgehead atoms. The van der Waals surface area contributed by atoms with Crippen LogP contribution in [0.15, 0.2) is 16.5 Å². The summed E-state index contributed by atoms with van der Waals surface area (Å²) in [4.78, 5) is 14.0. The zero-order chi connectivity index (χ0) is 12.8. The summed E-state index contributed by atoms with van der Waals surface area (Å²) in [6, 6.07) is 3.82. The number of nitrogens with zero attached hydrogens (tertiary/aromatic N) is 1. The Hall–Kier alpha value is -1.29. The molecule has 0 saturated heterocycles. The smallest absolute Gasteiger partial charge is 0.227 e. The van der Waals surface area contributed by atoms with Gasteiger partial charge >= 0.3 is 0 Å². The predicted octanol–water partition coefficient (Wildman–Crippen LogP) is 1.57. The molecule has 0 radical (unpaired) electrons. The van der Waals surface area contributed by atoms with Gasteiger partial charge in [0.1, 0.15) is 11.5 Å². The number of rotatable bonds is 6. The van der Waals surface area contributed by atoms with Gasteiger partial charge in [-0.25, -0.2) is 0 Å². The van der Waals surface area contributed by atoms with Gasteiger partial charge in [-0.2, -0.15) is 0 Å². The fourth-order valence-electron chi connectivity index (χ4n) is 1.90. The molecule has 0 aromatic carbocycles. The zero-order valence-electron chi connectivity index (χ0n) is 10.9. The lowest BCUT2D eigenvalue weighted by Gasteiger charge is -2.23. The van der Waals surface area contributed by atoms with Crippen LogP contribution in [0.2, 0.25) is 0 Å². The molecule has 2 N–H and O–H groups in total. The van der Waals surface area contributed by atoms with Crippen molar-refractivity contribution in [3.8, 4) is 0 Å². The number of aryl methyl sites for hydroxylation is 1. The normalized spacial score (nSPS) is 12.5. The summed E-state index contributed by atoms with van der Waals surface area (Å²) in [5, 5.41) is 0. The molecule has 0 fully saturated rings. The number of hydrogen-bond acceptors (Lipinski definition) is 3. The first-order chi connectivity index (χ1) is 8.12. The van der Waals surface area contributed by atoms with E-state index in [1.165, 1.54) is 0 Å². The largest absolute Gasteiger partial charge is 0.466 e. The van der Waals surface area contributed by atoms with E-state index < -0.39 is 0 Å². The minimum absolute atomic E-state index is 0.117. The summed E-state index contributed by atoms with van der Waals surface area (Å²) < 4.78 is 5.49. The topological polar surface area (TPSA) is 59.5 Å². The summed E-state index contributed by atoms with van der Waals surface area (Å²) >= 11 is 0. The fourth-order valence-corrected chi connectivity index (χ4v) is 1.90. The lowest BCUT2D eigenvalue weighted by atomic mass is 10.0. The minimum Gasteiger partial charge on any atom is -0.466 e. The van der Waals surface area contributed by atoms with E-state index >= 15 is 0 Å². The second-order valence-corrected chi connectivity index (χ2v) is 4.16. The van der Waals surface area contributed by atoms with Crippen LogP contribution in [0, 0.1) is 12.8 Å². The van der Waals surface area contributed by atoms with Gasteiger partial charge in [-0.1, -0.05) is 0 Å². The third-order valence-corrected chi connectivity index (χ3v) is 2.95. The maximum atomic E-state index is 12.2. The summed E-state index contributed by atoms with van der Waals surface area (Å²) in [6.45, 7) is 7.66. The van der Waals surface area contributed by atoms with Gasteiger partial charge in [-0.05, 0) is 32.9 Å². The summed E-state index contributed by atoms with van der Waals surface area (Å²) in [7, 11) is 0. The summed E-state index contributed by atoms with van der Waals surface area (Å²) in [6.07, 6.45) is 0.583. The van der Waals surface area contributed by atoms with E-state index in [0.717, 1.165) is 24.6 Å². The number of carbonyl (C=O) groups is 1. The SMILES string of the molecule is CCN(CC)C(=O)C(CN)Cc1ccc(C)o1. The van der Waals surface area contributed by atoms with E-state index in [1.807, 2.05) is 37.8 Å². The molecule has 96 valence electrons. The van der Waals surface area contributed by atoms with E-state index in [1.54, 1.807) is 0 Å². The van der Waals surface area contributed by atoms with Gasteiger partial charge in [0.25, 0.3) is 0 Å². The van der Waals surface area contributed by atoms with Crippen molar-refractivity contribution >= 4 is 5.91 Å². The first kappa shape index (κ1) is 13.8. The molecular formula is C13H22N2O2. The molecule has 1 heterocycles. The van der Waals surface area contributed by atoms with Crippen LogP contribution in [0.5, 0.6) is 0 Å². The van der Waals surface area contributed by atoms with Gasteiger partial charge in [0, 0.05) is 26.1 Å². The fraction of sp³-hybridized carbons (Fsp3) is 0.615. The molecule has 0 aliphatic carbocycles. The van der Waals surface area contributed by atoms with Gasteiger partial charge in [-0.3, -0.25) is 4.79 Å². The van der Waals surface area contributed by atoms with Crippen molar-refractivity contribution in [1.82, 2.24) is 4.90 Å². The van der Waals surface area contributed by atoms with Crippen LogP contribution in [-0.2, 0) is 11.2 Å². The van der Waals surface area contributed by atoms with Crippen molar-refractivity contribution in [3.63, 3.8) is 0 Å². The average Bonchev–Trinajstić information content (AvgIpc) is 2.73. The maximum absolute atomic E-state index is 12.2. The third kappa shape index (κ3) is 3.60. The Morgan fingerprint density at radius 2 is 2.06 bits per heavy atom. The predicted molar refractivity (Wildman–Crippen MR) is 67.6 cm³/mol. The van der Waals surface area contributed by atoms with Gasteiger partial charge in [-0.15, -0.1) is 0 Å². The molecule has 1 atom stereocenters. The molecule has 1 aromatic rings. The molecular weight excluding hydrogens is 216 g/mol. The number of amides is 1. The van der Waals surface area contributed by atoms with Crippen LogP contribution >= 0.6 is 0 Å². The third-order valence-electron chi connectivity index (χ3n) is 2.95. The Kier molecular flexibility index (Phi) is 5.22. The van der Waals surface area contributed by atoms with Crippen LogP contribution in [0.3, 0.4) is 0 Å². The van der Waals surface area contributed by atoms with Crippen LogP contribution < -0.4 is 5.73 Å². The maximum Gasteiger partial charge on any atom is 0.227 e. The van der Waals surface area contributed by atoms with Crippen molar-refractivity contribution < 1.29 is 9.21 Å². The van der Waals surface area contributed by atoms with Gasteiger partial charge < -0.3 is 15.1 Å². The first-order valence-electron chi connectivity index (χ1n) is 6.16. The molecule has 4 nitrogen and oxygen atoms in total. The molecule has 0 saturated carbocycles. The molecule has 0 spiro atoms. The van der Waals surface area contributed by atoms with Crippen molar-refractivity contribution in [1.29, 1.82) is 0 Å². The average molecular weight is 238 g/mol. The second-order valence-electron chi connectivity index (χ2n) is 4.16. The molecule has 1 unspecified atom stereocenters. The van der Waals surface area contributed by atoms with E-state index in [9.17, 15) is 4.79 Å². The van der Waals surface area contributed by atoms with Gasteiger partial charge in [0.15, 0.2) is 0 Å². The number of furan rings is 1. The second kappa shape index (κ2) is 6.45. The number of nitrogens with two attached hydrogens (primary N) is 1. The van der Waals surface area contributed by atoms with Gasteiger partial charge in [0.05, 0.1) is 5.92 Å². The van der Waals surface area contributed by atoms with Crippen LogP contribution in [0.4, 0.5) is 0 Å². The van der Waals surface area contributed by atoms with Crippen LogP contribution in [0.1, 0.15) is 25.4 Å². The molecule has 4 heteroatoms. The molecule has 1 amide bonds. The lowest BCUT2D eigenvalue weighted by Crippen LogP contribution is -2.39. The Bertz CT molecular complexity index is 356. The molecule has 1 rings (SSSR count). The Balaban J connectivity index is 2.68. The summed E-state index contributed by atoms with van der Waals surface area (Å²) in [5.74, 6) is 1.64. The van der Waals surface area contributed by atoms with E-state index in [-0.39, 0.29) is 11.8 Å². The Labute approximate surface area is 103 Å². The van der Waals surface area contributed by atoms with Gasteiger partial charge in [0.2, 0.25) is 5.91 Å². The Morgan fingerprint density at radius 1 is 1.41 bits per heavy atom. The van der Waals surface area contributed by atoms with E-state index in [4.69, 9.17) is 10.2 Å². The van der Waals surface area contributed by atoms with Crippen molar-refractivity contribution in [2.75, 3.05) is 19.6 Å². The van der Waals surface area contributed by atoms with Crippen molar-refractivity contribution in [2.24, 2.45) is 11.7 Å². The first-order valence-corrected chi connectivity index (χ1v) is 6.16. The molecule has 0 aliphatic rings. The Morgan fingerprint density at radius 3 is 2.47 bits per heavy atom. The lowest BCUT2D eigenvalue weighted by molar-refractivity contribution is -0.134. The van der Waals surface area contributed by atoms with E-state index in [0.29, 0.717) is 13.0 Å². The summed E-state index contributed by atoms with van der Waals surface area (Å²) in [5.41, 5.74) is 5.69. The van der Waals surface area contributed by atoms with Crippen molar-refractivity contribution in [2.45, 2.75) is 27.2 Å². The highest BCUT2D eigenvalue weighted by Crippen LogP contribution is 2.14. The highest BCUT2D eigenvalue weighted by molar-refractivity contribution is 5.79. The number of hydrogen-bond donors (Lipinski definition) is 1. The highest BCUT2D eigenvalue weighted by Gasteiger charge is 2.22. The zero-order valence-corrected chi connectivity index (χ0v) is 10.9. The van der Waals surface area contributed by atoms with Crippen molar-refractivity contribution in [3.05, 3.63) is 23.7 Å². The van der Waals surface area contributed by atoms with Crippen LogP contribution in [-0.4, -0.2) is 30.4 Å². The monoisotopic (exact) mass is 238 g/mol. The molecule has 0 aliphatic heterocycles. The molecule has 17 heavy (non-hydrogen) atoms. The molecule has 1 aromatic heterocycles. The quantitative estimate of drug-likeness (QED) is 0.818. The van der Waals surface area contributed by atoms with E-state index in [2.05, 4.69) is 0 Å². The minimum atomic E-state index is -0.180. The highest BCUT2D eigenvalue weighted by atomic mass is 16.3. The van der Waals surface area contributed by atoms with Crippen LogP contribution in [0.25, 0.3) is 0 Å². The standard InChI is InChI=1S/C13H22N2O2/c1-4-15(5-2)13(16)11(9-14)8-12-7-6-10(3)17-12/h6-7,11H,4-5,8-9,14H2,1-3H3. The number of carbonyl (C=O) groups excluding carboxylic acids is 1.